The van der Waals surface area contributed by atoms with Crippen molar-refractivity contribution in [3.05, 3.63) is 39.7 Å². The lowest BCUT2D eigenvalue weighted by molar-refractivity contribution is -0.387. The third kappa shape index (κ3) is 2.98. The second kappa shape index (κ2) is 5.37. The predicted octanol–water partition coefficient (Wildman–Crippen LogP) is 2.08. The number of hydrogen-bond acceptors (Lipinski definition) is 4. The van der Waals surface area contributed by atoms with E-state index in [0.29, 0.717) is 0 Å². The Morgan fingerprint density at radius 2 is 2.29 bits per heavy atom. The van der Waals surface area contributed by atoms with Crippen molar-refractivity contribution in [3.63, 3.8) is 0 Å². The van der Waals surface area contributed by atoms with Crippen molar-refractivity contribution in [1.82, 2.24) is 4.90 Å². The Kier molecular flexibility index (Phi) is 4.12. The van der Waals surface area contributed by atoms with Gasteiger partial charge in [0.1, 0.15) is 0 Å². The molecule has 0 fully saturated rings. The number of rotatable bonds is 4. The minimum atomic E-state index is -0.838. The summed E-state index contributed by atoms with van der Waals surface area (Å²) < 4.78 is 13.7. The van der Waals surface area contributed by atoms with Gasteiger partial charge in [0.15, 0.2) is 0 Å². The van der Waals surface area contributed by atoms with E-state index in [1.807, 2.05) is 6.07 Å². The highest BCUT2D eigenvalue weighted by molar-refractivity contribution is 5.36. The molecule has 1 unspecified atom stereocenters. The second-order valence-corrected chi connectivity index (χ2v) is 3.73. The Morgan fingerprint density at radius 1 is 1.65 bits per heavy atom. The van der Waals surface area contributed by atoms with Gasteiger partial charge in [-0.1, -0.05) is 12.1 Å². The van der Waals surface area contributed by atoms with Crippen LogP contribution in [0.15, 0.2) is 18.2 Å². The van der Waals surface area contributed by atoms with Crippen molar-refractivity contribution < 1.29 is 9.31 Å². The molecule has 0 saturated carbocycles. The number of nitrogens with zero attached hydrogens (tertiary/aromatic N) is 3. The van der Waals surface area contributed by atoms with E-state index in [2.05, 4.69) is 0 Å². The number of halogens is 1. The average molecular weight is 237 g/mol. The van der Waals surface area contributed by atoms with Crippen LogP contribution in [0.5, 0.6) is 0 Å². The first kappa shape index (κ1) is 13.1. The molecule has 1 aromatic rings. The van der Waals surface area contributed by atoms with Crippen molar-refractivity contribution in [2.45, 2.75) is 19.5 Å². The first-order chi connectivity index (χ1) is 7.97. The summed E-state index contributed by atoms with van der Waals surface area (Å²) >= 11 is 0. The third-order valence-electron chi connectivity index (χ3n) is 2.52. The summed E-state index contributed by atoms with van der Waals surface area (Å²) in [5, 5.41) is 19.3. The Labute approximate surface area is 98.2 Å². The summed E-state index contributed by atoms with van der Waals surface area (Å²) in [7, 11) is 1.66. The van der Waals surface area contributed by atoms with Crippen LogP contribution in [0.2, 0.25) is 0 Å². The van der Waals surface area contributed by atoms with E-state index >= 15 is 0 Å². The maximum atomic E-state index is 13.7. The molecule has 0 bridgehead atoms. The first-order valence-electron chi connectivity index (χ1n) is 4.99. The molecule has 1 atom stereocenters. The molecule has 1 rings (SSSR count). The zero-order valence-electron chi connectivity index (χ0n) is 9.55. The molecule has 0 heterocycles. The summed E-state index contributed by atoms with van der Waals surface area (Å²) in [4.78, 5) is 11.4. The minimum Gasteiger partial charge on any atom is -0.287 e. The Morgan fingerprint density at radius 3 is 2.82 bits per heavy atom. The van der Waals surface area contributed by atoms with Gasteiger partial charge in [-0.15, -0.1) is 0 Å². The topological polar surface area (TPSA) is 70.2 Å². The van der Waals surface area contributed by atoms with Gasteiger partial charge in [-0.3, -0.25) is 15.0 Å². The van der Waals surface area contributed by atoms with E-state index in [0.717, 1.165) is 6.07 Å². The summed E-state index contributed by atoms with van der Waals surface area (Å²) in [5.74, 6) is -0.838. The van der Waals surface area contributed by atoms with Crippen LogP contribution in [0.25, 0.3) is 0 Å². The van der Waals surface area contributed by atoms with Gasteiger partial charge >= 0.3 is 5.69 Å². The summed E-state index contributed by atoms with van der Waals surface area (Å²) in [6.07, 6.45) is 0. The maximum Gasteiger partial charge on any atom is 0.305 e. The van der Waals surface area contributed by atoms with E-state index in [-0.39, 0.29) is 18.2 Å². The fourth-order valence-corrected chi connectivity index (χ4v) is 1.33. The highest BCUT2D eigenvalue weighted by Crippen LogP contribution is 2.21. The summed E-state index contributed by atoms with van der Waals surface area (Å²) in [5.41, 5.74) is -0.329. The van der Waals surface area contributed by atoms with Crippen molar-refractivity contribution in [2.24, 2.45) is 0 Å². The summed E-state index contributed by atoms with van der Waals surface area (Å²) in [6.45, 7) is 1.83. The lowest BCUT2D eigenvalue weighted by atomic mass is 10.1. The predicted molar refractivity (Wildman–Crippen MR) is 59.6 cm³/mol. The molecule has 1 aromatic carbocycles. The number of nitro benzene ring substituents is 1. The molecule has 0 amide bonds. The molecule has 0 N–H and O–H groups in total. The van der Waals surface area contributed by atoms with Crippen LogP contribution in [0, 0.1) is 27.3 Å². The smallest absolute Gasteiger partial charge is 0.287 e. The minimum absolute atomic E-state index is 0.155. The van der Waals surface area contributed by atoms with E-state index in [9.17, 15) is 14.5 Å². The van der Waals surface area contributed by atoms with Crippen LogP contribution in [0.1, 0.15) is 12.5 Å². The van der Waals surface area contributed by atoms with Gasteiger partial charge in [0.05, 0.1) is 17.0 Å². The van der Waals surface area contributed by atoms with Crippen LogP contribution in [0.4, 0.5) is 10.1 Å². The van der Waals surface area contributed by atoms with Gasteiger partial charge in [-0.2, -0.15) is 9.65 Å². The fourth-order valence-electron chi connectivity index (χ4n) is 1.33. The average Bonchev–Trinajstić information content (AvgIpc) is 2.30. The van der Waals surface area contributed by atoms with E-state index in [1.165, 1.54) is 12.1 Å². The molecule has 0 aliphatic rings. The Balaban J connectivity index is 2.97. The van der Waals surface area contributed by atoms with Gasteiger partial charge in [-0.05, 0) is 14.0 Å². The van der Waals surface area contributed by atoms with Crippen molar-refractivity contribution in [1.29, 1.82) is 5.26 Å². The highest BCUT2D eigenvalue weighted by Gasteiger charge is 2.19. The van der Waals surface area contributed by atoms with Crippen LogP contribution in [-0.2, 0) is 6.54 Å². The van der Waals surface area contributed by atoms with Crippen molar-refractivity contribution in [2.75, 3.05) is 7.05 Å². The van der Waals surface area contributed by atoms with Crippen LogP contribution < -0.4 is 0 Å². The third-order valence-corrected chi connectivity index (χ3v) is 2.52. The lowest BCUT2D eigenvalue weighted by Crippen LogP contribution is -2.27. The molecule has 6 heteroatoms. The maximum absolute atomic E-state index is 13.7. The quantitative estimate of drug-likeness (QED) is 0.593. The van der Waals surface area contributed by atoms with Crippen molar-refractivity contribution >= 4 is 5.69 Å². The van der Waals surface area contributed by atoms with Gasteiger partial charge in [-0.25, -0.2) is 0 Å². The van der Waals surface area contributed by atoms with Gasteiger partial charge in [0, 0.05) is 18.2 Å². The number of benzene rings is 1. The highest BCUT2D eigenvalue weighted by atomic mass is 19.1. The Bertz CT molecular complexity index is 470. The number of hydrogen-bond donors (Lipinski definition) is 0. The number of nitriles is 1. The van der Waals surface area contributed by atoms with E-state index in [4.69, 9.17) is 5.26 Å². The molecular weight excluding hydrogens is 225 g/mol. The molecule has 17 heavy (non-hydrogen) atoms. The van der Waals surface area contributed by atoms with Crippen LogP contribution in [0.3, 0.4) is 0 Å². The molecule has 0 aromatic heterocycles. The van der Waals surface area contributed by atoms with Crippen LogP contribution in [-0.4, -0.2) is 22.9 Å². The molecule has 0 aliphatic carbocycles. The first-order valence-corrected chi connectivity index (χ1v) is 4.99. The normalized spacial score (nSPS) is 12.2. The molecule has 0 radical (unpaired) electrons. The Hall–Kier alpha value is -2.00. The monoisotopic (exact) mass is 237 g/mol. The van der Waals surface area contributed by atoms with Gasteiger partial charge in [0.2, 0.25) is 5.82 Å². The zero-order chi connectivity index (χ0) is 13.0. The van der Waals surface area contributed by atoms with Gasteiger partial charge < -0.3 is 0 Å². The lowest BCUT2D eigenvalue weighted by Gasteiger charge is -2.18. The van der Waals surface area contributed by atoms with Crippen LogP contribution >= 0.6 is 0 Å². The molecule has 0 spiro atoms. The fraction of sp³-hybridized carbons (Fsp3) is 0.364. The standard InChI is InChI=1S/C11H12FN3O2/c1-8(6-13)14(2)7-9-4-3-5-10(11(9)12)15(16)17/h3-5,8H,7H2,1-2H3. The number of nitro groups is 1. The molecule has 90 valence electrons. The van der Waals surface area contributed by atoms with E-state index < -0.39 is 16.4 Å². The van der Waals surface area contributed by atoms with E-state index in [1.54, 1.807) is 18.9 Å². The molecular formula is C11H12FN3O2. The molecule has 0 saturated heterocycles. The van der Waals surface area contributed by atoms with Crippen molar-refractivity contribution in [3.8, 4) is 6.07 Å². The SMILES string of the molecule is CC(C#N)N(C)Cc1cccc([N+](=O)[O-])c1F. The van der Waals surface area contributed by atoms with Gasteiger partial charge in [0.25, 0.3) is 0 Å². The summed E-state index contributed by atoms with van der Waals surface area (Å²) in [6, 6.07) is 5.66. The molecule has 0 aliphatic heterocycles. The second-order valence-electron chi connectivity index (χ2n) is 3.73. The molecule has 5 nitrogen and oxygen atoms in total. The largest absolute Gasteiger partial charge is 0.305 e. The zero-order valence-corrected chi connectivity index (χ0v) is 9.55.